The molecule has 3 heterocycles. The number of aromatic nitrogens is 3. The highest BCUT2D eigenvalue weighted by Crippen LogP contribution is 2.30. The van der Waals surface area contributed by atoms with Crippen LogP contribution in [0.25, 0.3) is 10.6 Å². The molecule has 0 saturated heterocycles. The number of hydrogen-bond donors (Lipinski definition) is 1. The number of likely N-dealkylation sites (N-methyl/N-ethyl adjacent to an activating group) is 1. The maximum atomic E-state index is 4.75. The fraction of sp³-hybridized carbons (Fsp3) is 0.462. The Bertz CT molecular complexity index is 607. The number of nitrogens with zero attached hydrogens (tertiary/aromatic N) is 4. The third-order valence-electron chi connectivity index (χ3n) is 3.42. The van der Waals surface area contributed by atoms with Gasteiger partial charge in [-0.15, -0.1) is 10.2 Å². The fourth-order valence-corrected chi connectivity index (χ4v) is 3.13. The lowest BCUT2D eigenvalue weighted by Gasteiger charge is -2.25. The number of aryl methyl sites for hydroxylation is 1. The average molecular weight is 275 g/mol. The molecule has 100 valence electrons. The third-order valence-corrected chi connectivity index (χ3v) is 4.40. The Morgan fingerprint density at radius 3 is 2.95 bits per heavy atom. The highest BCUT2D eigenvalue weighted by Gasteiger charge is 2.18. The van der Waals surface area contributed by atoms with Crippen LogP contribution in [-0.2, 0) is 13.0 Å². The van der Waals surface area contributed by atoms with Crippen LogP contribution in [0, 0.1) is 6.92 Å². The van der Waals surface area contributed by atoms with Crippen molar-refractivity contribution in [3.63, 3.8) is 0 Å². The van der Waals surface area contributed by atoms with E-state index >= 15 is 0 Å². The third kappa shape index (κ3) is 2.33. The molecule has 0 spiro atoms. The van der Waals surface area contributed by atoms with Crippen molar-refractivity contribution < 1.29 is 0 Å². The zero-order chi connectivity index (χ0) is 13.4. The number of fused-ring (bicyclic) bond motifs is 1. The number of nitrogens with one attached hydrogen (secondary N) is 1. The van der Waals surface area contributed by atoms with E-state index < -0.39 is 0 Å². The van der Waals surface area contributed by atoms with E-state index in [0.717, 1.165) is 40.9 Å². The summed E-state index contributed by atoms with van der Waals surface area (Å²) in [4.78, 5) is 7.07. The van der Waals surface area contributed by atoms with Crippen LogP contribution >= 0.6 is 11.3 Å². The van der Waals surface area contributed by atoms with Crippen LogP contribution in [0.3, 0.4) is 0 Å². The van der Waals surface area contributed by atoms with Gasteiger partial charge in [-0.2, -0.15) is 0 Å². The van der Waals surface area contributed by atoms with Crippen LogP contribution in [0.5, 0.6) is 0 Å². The second-order valence-corrected chi connectivity index (χ2v) is 5.85. The smallest absolute Gasteiger partial charge is 0.205 e. The first kappa shape index (κ1) is 12.5. The predicted molar refractivity (Wildman–Crippen MR) is 77.5 cm³/mol. The first-order valence-corrected chi connectivity index (χ1v) is 7.18. The highest BCUT2D eigenvalue weighted by molar-refractivity contribution is 7.18. The van der Waals surface area contributed by atoms with Gasteiger partial charge in [-0.3, -0.25) is 4.98 Å². The zero-order valence-corrected chi connectivity index (χ0v) is 12.2. The summed E-state index contributed by atoms with van der Waals surface area (Å²) in [5.74, 6) is 0. The summed E-state index contributed by atoms with van der Waals surface area (Å²) in [7, 11) is 4.00. The molecular formula is C13H17N5S. The molecule has 2 aromatic rings. The SMILES string of the molecule is CNc1nnc(-c2cc3c(nc2C)CCN(C)C3)s1. The Morgan fingerprint density at radius 2 is 2.21 bits per heavy atom. The summed E-state index contributed by atoms with van der Waals surface area (Å²) in [6.07, 6.45) is 1.03. The van der Waals surface area contributed by atoms with Crippen molar-refractivity contribution >= 4 is 16.5 Å². The lowest BCUT2D eigenvalue weighted by Crippen LogP contribution is -2.27. The van der Waals surface area contributed by atoms with Gasteiger partial charge in [0.2, 0.25) is 5.13 Å². The van der Waals surface area contributed by atoms with E-state index in [1.54, 1.807) is 11.3 Å². The van der Waals surface area contributed by atoms with E-state index in [-0.39, 0.29) is 0 Å². The highest BCUT2D eigenvalue weighted by atomic mass is 32.1. The van der Waals surface area contributed by atoms with Gasteiger partial charge in [0.05, 0.1) is 0 Å². The van der Waals surface area contributed by atoms with Gasteiger partial charge in [0.1, 0.15) is 0 Å². The molecule has 5 nitrogen and oxygen atoms in total. The lowest BCUT2D eigenvalue weighted by atomic mass is 10.0. The minimum atomic E-state index is 0.837. The zero-order valence-electron chi connectivity index (χ0n) is 11.4. The van der Waals surface area contributed by atoms with E-state index in [0.29, 0.717) is 0 Å². The number of pyridine rings is 1. The van der Waals surface area contributed by atoms with E-state index in [9.17, 15) is 0 Å². The molecule has 3 rings (SSSR count). The van der Waals surface area contributed by atoms with E-state index in [4.69, 9.17) is 4.98 Å². The van der Waals surface area contributed by atoms with Gasteiger partial charge < -0.3 is 10.2 Å². The Balaban J connectivity index is 2.04. The summed E-state index contributed by atoms with van der Waals surface area (Å²) >= 11 is 1.56. The van der Waals surface area contributed by atoms with Crippen LogP contribution in [0.1, 0.15) is 17.0 Å². The minimum Gasteiger partial charge on any atom is -0.363 e. The van der Waals surface area contributed by atoms with Crippen molar-refractivity contribution in [3.8, 4) is 10.6 Å². The van der Waals surface area contributed by atoms with Crippen molar-refractivity contribution in [2.45, 2.75) is 19.9 Å². The monoisotopic (exact) mass is 275 g/mol. The average Bonchev–Trinajstić information content (AvgIpc) is 2.87. The van der Waals surface area contributed by atoms with Crippen LogP contribution in [-0.4, -0.2) is 40.7 Å². The molecular weight excluding hydrogens is 258 g/mol. The summed E-state index contributed by atoms with van der Waals surface area (Å²) in [6, 6.07) is 2.23. The van der Waals surface area contributed by atoms with Gasteiger partial charge in [0, 0.05) is 43.5 Å². The second kappa shape index (κ2) is 4.86. The Hall–Kier alpha value is -1.53. The molecule has 0 fully saturated rings. The van der Waals surface area contributed by atoms with Crippen molar-refractivity contribution in [2.24, 2.45) is 0 Å². The summed E-state index contributed by atoms with van der Waals surface area (Å²) in [5, 5.41) is 13.1. The van der Waals surface area contributed by atoms with Crippen LogP contribution < -0.4 is 5.32 Å². The van der Waals surface area contributed by atoms with Gasteiger partial charge in [-0.1, -0.05) is 11.3 Å². The van der Waals surface area contributed by atoms with Crippen LogP contribution in [0.2, 0.25) is 0 Å². The summed E-state index contributed by atoms with van der Waals surface area (Å²) in [6.45, 7) is 4.10. The quantitative estimate of drug-likeness (QED) is 0.907. The van der Waals surface area contributed by atoms with Crippen molar-refractivity contribution in [3.05, 3.63) is 23.0 Å². The molecule has 1 N–H and O–H groups in total. The van der Waals surface area contributed by atoms with Crippen molar-refractivity contribution in [1.29, 1.82) is 0 Å². The van der Waals surface area contributed by atoms with Crippen LogP contribution in [0.4, 0.5) is 5.13 Å². The largest absolute Gasteiger partial charge is 0.363 e. The second-order valence-electron chi connectivity index (χ2n) is 4.88. The summed E-state index contributed by atoms with van der Waals surface area (Å²) < 4.78 is 0. The van der Waals surface area contributed by atoms with E-state index in [2.05, 4.69) is 33.5 Å². The van der Waals surface area contributed by atoms with Crippen molar-refractivity contribution in [2.75, 3.05) is 26.0 Å². The fourth-order valence-electron chi connectivity index (χ4n) is 2.37. The van der Waals surface area contributed by atoms with E-state index in [1.165, 1.54) is 11.3 Å². The first-order valence-electron chi connectivity index (χ1n) is 6.37. The molecule has 0 aromatic carbocycles. The van der Waals surface area contributed by atoms with Gasteiger partial charge in [0.25, 0.3) is 0 Å². The molecule has 0 bridgehead atoms. The molecule has 6 heteroatoms. The number of hydrogen-bond acceptors (Lipinski definition) is 6. The normalized spacial score (nSPS) is 15.3. The topological polar surface area (TPSA) is 53.9 Å². The molecule has 0 saturated carbocycles. The molecule has 0 unspecified atom stereocenters. The summed E-state index contributed by atoms with van der Waals surface area (Å²) in [5.41, 5.74) is 4.70. The molecule has 2 aromatic heterocycles. The number of anilines is 1. The maximum absolute atomic E-state index is 4.75. The lowest BCUT2D eigenvalue weighted by molar-refractivity contribution is 0.310. The first-order chi connectivity index (χ1) is 9.17. The van der Waals surface area contributed by atoms with Gasteiger partial charge in [0.15, 0.2) is 5.01 Å². The molecule has 1 aliphatic heterocycles. The van der Waals surface area contributed by atoms with Gasteiger partial charge in [-0.25, -0.2) is 0 Å². The Labute approximate surface area is 116 Å². The predicted octanol–water partition coefficient (Wildman–Crippen LogP) is 1.94. The van der Waals surface area contributed by atoms with E-state index in [1.807, 2.05) is 14.0 Å². The molecule has 19 heavy (non-hydrogen) atoms. The Morgan fingerprint density at radius 1 is 1.37 bits per heavy atom. The molecule has 1 aliphatic rings. The van der Waals surface area contributed by atoms with Gasteiger partial charge >= 0.3 is 0 Å². The molecule has 0 radical (unpaired) electrons. The standard InChI is InChI=1S/C13H17N5S/c1-8-10(12-16-17-13(14-2)19-12)6-9-7-18(3)5-4-11(9)15-8/h6H,4-5,7H2,1-3H3,(H,14,17). The maximum Gasteiger partial charge on any atom is 0.205 e. The minimum absolute atomic E-state index is 0.837. The molecule has 0 atom stereocenters. The number of rotatable bonds is 2. The Kier molecular flexibility index (Phi) is 3.20. The van der Waals surface area contributed by atoms with Crippen molar-refractivity contribution in [1.82, 2.24) is 20.1 Å². The molecule has 0 amide bonds. The molecule has 0 aliphatic carbocycles. The van der Waals surface area contributed by atoms with Gasteiger partial charge in [-0.05, 0) is 25.6 Å². The van der Waals surface area contributed by atoms with Crippen LogP contribution in [0.15, 0.2) is 6.07 Å².